The zero-order chi connectivity index (χ0) is 18.7. The van der Waals surface area contributed by atoms with Gasteiger partial charge >= 0.3 is 11.9 Å². The Morgan fingerprint density at radius 2 is 2.08 bits per heavy atom. The van der Waals surface area contributed by atoms with Crippen LogP contribution in [0, 0.1) is 6.92 Å². The number of thioether (sulfide) groups is 1. The maximum atomic E-state index is 12.3. The van der Waals surface area contributed by atoms with Gasteiger partial charge in [0, 0.05) is 17.1 Å². The molecule has 0 spiro atoms. The van der Waals surface area contributed by atoms with Gasteiger partial charge in [0.2, 0.25) is 5.91 Å². The first-order valence-corrected chi connectivity index (χ1v) is 8.88. The molecule has 0 radical (unpaired) electrons. The molecule has 0 atom stereocenters. The number of fused-ring (bicyclic) bond motifs is 1. The van der Waals surface area contributed by atoms with Gasteiger partial charge in [-0.25, -0.2) is 9.59 Å². The normalized spacial score (nSPS) is 13.4. The first kappa shape index (κ1) is 18.1. The highest BCUT2D eigenvalue weighted by molar-refractivity contribution is 7.99. The van der Waals surface area contributed by atoms with E-state index in [2.05, 4.69) is 10.1 Å². The summed E-state index contributed by atoms with van der Waals surface area (Å²) in [5, 5.41) is 2.78. The first-order chi connectivity index (χ1) is 12.5. The summed E-state index contributed by atoms with van der Waals surface area (Å²) >= 11 is 1.56. The van der Waals surface area contributed by atoms with Crippen molar-refractivity contribution in [3.05, 3.63) is 46.9 Å². The molecule has 2 aromatic rings. The summed E-state index contributed by atoms with van der Waals surface area (Å²) in [6.45, 7) is 1.51. The van der Waals surface area contributed by atoms with E-state index in [4.69, 9.17) is 9.15 Å². The molecule has 2 heterocycles. The number of esters is 2. The second-order valence-electron chi connectivity index (χ2n) is 5.61. The minimum absolute atomic E-state index is 0.0804. The molecule has 1 aliphatic heterocycles. The van der Waals surface area contributed by atoms with Crippen molar-refractivity contribution in [2.24, 2.45) is 0 Å². The lowest BCUT2D eigenvalue weighted by atomic mass is 10.2. The van der Waals surface area contributed by atoms with Crippen LogP contribution in [0.1, 0.15) is 38.7 Å². The topological polar surface area (TPSA) is 94.8 Å². The number of rotatable bonds is 4. The van der Waals surface area contributed by atoms with Crippen molar-refractivity contribution in [3.8, 4) is 0 Å². The maximum absolute atomic E-state index is 12.3. The number of carbonyl (C=O) groups excluding carboxylic acids is 3. The zero-order valence-electron chi connectivity index (χ0n) is 14.3. The van der Waals surface area contributed by atoms with E-state index in [9.17, 15) is 14.4 Å². The number of amides is 1. The molecule has 0 unspecified atom stereocenters. The third-order valence-electron chi connectivity index (χ3n) is 3.80. The summed E-state index contributed by atoms with van der Waals surface area (Å²) in [6.07, 6.45) is 0.430. The van der Waals surface area contributed by atoms with Crippen LogP contribution in [0.25, 0.3) is 0 Å². The fourth-order valence-corrected chi connectivity index (χ4v) is 3.43. The fourth-order valence-electron chi connectivity index (χ4n) is 2.49. The van der Waals surface area contributed by atoms with Gasteiger partial charge in [0.25, 0.3) is 0 Å². The number of hydrogen-bond acceptors (Lipinski definition) is 7. The Balaban J connectivity index is 1.69. The van der Waals surface area contributed by atoms with Gasteiger partial charge in [-0.1, -0.05) is 0 Å². The standard InChI is InChI=1S/C18H17NO6S/c1-10-13(18(22)23-2)8-12(25-10)9-24-17(21)11-3-4-15-14(7-11)19-16(20)5-6-26-15/h3-4,7-8H,5-6,9H2,1-2H3,(H,19,20). The Hall–Kier alpha value is -2.74. The third kappa shape index (κ3) is 3.91. The van der Waals surface area contributed by atoms with E-state index in [1.807, 2.05) is 0 Å². The van der Waals surface area contributed by atoms with Crippen LogP contribution in [0.2, 0.25) is 0 Å². The predicted molar refractivity (Wildman–Crippen MR) is 94.3 cm³/mol. The van der Waals surface area contributed by atoms with Crippen LogP contribution in [0.15, 0.2) is 33.6 Å². The van der Waals surface area contributed by atoms with Gasteiger partial charge in [-0.3, -0.25) is 4.79 Å². The van der Waals surface area contributed by atoms with Gasteiger partial charge in [-0.05, 0) is 31.2 Å². The molecule has 136 valence electrons. The quantitative estimate of drug-likeness (QED) is 0.820. The van der Waals surface area contributed by atoms with Crippen LogP contribution < -0.4 is 5.32 Å². The van der Waals surface area contributed by atoms with Gasteiger partial charge in [0.15, 0.2) is 0 Å². The van der Waals surface area contributed by atoms with Crippen molar-refractivity contribution in [1.29, 1.82) is 0 Å². The van der Waals surface area contributed by atoms with Crippen LogP contribution >= 0.6 is 11.8 Å². The number of benzene rings is 1. The molecule has 0 fully saturated rings. The third-order valence-corrected chi connectivity index (χ3v) is 4.87. The Bertz CT molecular complexity index is 873. The molecule has 0 bridgehead atoms. The highest BCUT2D eigenvalue weighted by Gasteiger charge is 2.19. The van der Waals surface area contributed by atoms with Gasteiger partial charge in [0.1, 0.15) is 23.7 Å². The van der Waals surface area contributed by atoms with Crippen LogP contribution in [-0.2, 0) is 20.9 Å². The van der Waals surface area contributed by atoms with Crippen LogP contribution in [-0.4, -0.2) is 30.7 Å². The summed E-state index contributed by atoms with van der Waals surface area (Å²) in [7, 11) is 1.28. The number of methoxy groups -OCH3 is 1. The van der Waals surface area contributed by atoms with E-state index in [0.717, 1.165) is 4.90 Å². The van der Waals surface area contributed by atoms with Crippen molar-refractivity contribution in [3.63, 3.8) is 0 Å². The smallest absolute Gasteiger partial charge is 0.341 e. The van der Waals surface area contributed by atoms with Crippen LogP contribution in [0.4, 0.5) is 5.69 Å². The molecule has 1 aliphatic rings. The van der Waals surface area contributed by atoms with Crippen LogP contribution in [0.5, 0.6) is 0 Å². The molecule has 1 amide bonds. The van der Waals surface area contributed by atoms with Gasteiger partial charge < -0.3 is 19.2 Å². The highest BCUT2D eigenvalue weighted by atomic mass is 32.2. The average molecular weight is 375 g/mol. The average Bonchev–Trinajstić information content (AvgIpc) is 2.89. The Morgan fingerprint density at radius 3 is 2.85 bits per heavy atom. The predicted octanol–water partition coefficient (Wildman–Crippen LogP) is 3.17. The largest absolute Gasteiger partial charge is 0.465 e. The molecule has 1 aromatic heterocycles. The van der Waals surface area contributed by atoms with Gasteiger partial charge in [-0.2, -0.15) is 0 Å². The number of furan rings is 1. The van der Waals surface area contributed by atoms with Crippen molar-refractivity contribution in [2.45, 2.75) is 24.8 Å². The van der Waals surface area contributed by atoms with Crippen LogP contribution in [0.3, 0.4) is 0 Å². The number of anilines is 1. The second-order valence-corrected chi connectivity index (χ2v) is 6.74. The SMILES string of the molecule is COC(=O)c1cc(COC(=O)c2ccc3c(c2)NC(=O)CCS3)oc1C. The summed E-state index contributed by atoms with van der Waals surface area (Å²) in [5.41, 5.74) is 1.22. The van der Waals surface area contributed by atoms with E-state index in [1.54, 1.807) is 36.9 Å². The summed E-state index contributed by atoms with van der Waals surface area (Å²) in [5.74, 6) is 0.293. The molecule has 7 nitrogen and oxygen atoms in total. The second kappa shape index (κ2) is 7.65. The van der Waals surface area contributed by atoms with Gasteiger partial charge in [-0.15, -0.1) is 11.8 Å². The Kier molecular flexibility index (Phi) is 5.32. The van der Waals surface area contributed by atoms with E-state index in [1.165, 1.54) is 13.2 Å². The van der Waals surface area contributed by atoms with Crippen molar-refractivity contribution in [2.75, 3.05) is 18.2 Å². The monoisotopic (exact) mass is 375 g/mol. The molecule has 26 heavy (non-hydrogen) atoms. The number of nitrogens with one attached hydrogen (secondary N) is 1. The number of hydrogen-bond donors (Lipinski definition) is 1. The molecule has 1 N–H and O–H groups in total. The van der Waals surface area contributed by atoms with E-state index >= 15 is 0 Å². The maximum Gasteiger partial charge on any atom is 0.341 e. The molecule has 8 heteroatoms. The minimum Gasteiger partial charge on any atom is -0.465 e. The molecular weight excluding hydrogens is 358 g/mol. The lowest BCUT2D eigenvalue weighted by Crippen LogP contribution is -2.11. The van der Waals surface area contributed by atoms with E-state index < -0.39 is 11.9 Å². The molecule has 0 saturated heterocycles. The molecule has 0 aliphatic carbocycles. The van der Waals surface area contributed by atoms with Crippen molar-refractivity contribution >= 4 is 35.3 Å². The summed E-state index contributed by atoms with van der Waals surface area (Å²) < 4.78 is 15.3. The Morgan fingerprint density at radius 1 is 1.27 bits per heavy atom. The lowest BCUT2D eigenvalue weighted by Gasteiger charge is -2.08. The zero-order valence-corrected chi connectivity index (χ0v) is 15.1. The molecule has 3 rings (SSSR count). The molecule has 1 aromatic carbocycles. The van der Waals surface area contributed by atoms with Crippen molar-refractivity contribution < 1.29 is 28.3 Å². The summed E-state index contributed by atoms with van der Waals surface area (Å²) in [4.78, 5) is 36.4. The highest BCUT2D eigenvalue weighted by Crippen LogP contribution is 2.31. The summed E-state index contributed by atoms with van der Waals surface area (Å²) in [6, 6.07) is 6.52. The van der Waals surface area contributed by atoms with E-state index in [-0.39, 0.29) is 12.5 Å². The fraction of sp³-hybridized carbons (Fsp3) is 0.278. The van der Waals surface area contributed by atoms with E-state index in [0.29, 0.717) is 40.5 Å². The number of ether oxygens (including phenoxy) is 2. The number of aryl methyl sites for hydroxylation is 1. The lowest BCUT2D eigenvalue weighted by molar-refractivity contribution is -0.115. The van der Waals surface area contributed by atoms with Gasteiger partial charge in [0.05, 0.1) is 18.4 Å². The number of carbonyl (C=O) groups is 3. The van der Waals surface area contributed by atoms with Crippen molar-refractivity contribution in [1.82, 2.24) is 0 Å². The molecular formula is C18H17NO6S. The Labute approximate surface area is 154 Å². The molecule has 0 saturated carbocycles. The minimum atomic E-state index is -0.551. The first-order valence-electron chi connectivity index (χ1n) is 7.89.